The van der Waals surface area contributed by atoms with E-state index in [4.69, 9.17) is 0 Å². The van der Waals surface area contributed by atoms with Crippen molar-refractivity contribution < 1.29 is 22.7 Å². The summed E-state index contributed by atoms with van der Waals surface area (Å²) in [5, 5.41) is 0. The highest BCUT2D eigenvalue weighted by atomic mass is 19.3. The number of rotatable bonds is 2. The summed E-state index contributed by atoms with van der Waals surface area (Å²) in [4.78, 5) is 14.3. The van der Waals surface area contributed by atoms with Crippen LogP contribution in [0.5, 0.6) is 0 Å². The summed E-state index contributed by atoms with van der Waals surface area (Å²) < 4.78 is 42.2. The maximum absolute atomic E-state index is 13.3. The number of methoxy groups -OCH3 is 1. The van der Waals surface area contributed by atoms with Gasteiger partial charge in [0.2, 0.25) is 0 Å². The molecule has 3 nitrogen and oxygen atoms in total. The number of aryl methyl sites for hydroxylation is 1. The molecule has 1 aromatic rings. The molecule has 0 aliphatic rings. The van der Waals surface area contributed by atoms with Crippen molar-refractivity contribution in [2.24, 2.45) is 0 Å². The Kier molecular flexibility index (Phi) is 3.28. The molecule has 0 aliphatic carbocycles. The van der Waals surface area contributed by atoms with Crippen molar-refractivity contribution in [2.45, 2.75) is 13.3 Å². The summed E-state index contributed by atoms with van der Waals surface area (Å²) in [6.45, 7) is 1.39. The van der Waals surface area contributed by atoms with Gasteiger partial charge < -0.3 is 4.74 Å². The van der Waals surface area contributed by atoms with Crippen molar-refractivity contribution in [3.63, 3.8) is 0 Å². The predicted molar refractivity (Wildman–Crippen MR) is 45.2 cm³/mol. The molecule has 1 rings (SSSR count). The fourth-order valence-corrected chi connectivity index (χ4v) is 1.08. The number of ether oxygens (including phenoxy) is 1. The second-order valence-electron chi connectivity index (χ2n) is 2.80. The number of halogens is 3. The second-order valence-corrected chi connectivity index (χ2v) is 2.80. The summed E-state index contributed by atoms with van der Waals surface area (Å²) in [5.41, 5.74) is -1.43. The Morgan fingerprint density at radius 2 is 2.13 bits per heavy atom. The van der Waals surface area contributed by atoms with Gasteiger partial charge in [-0.3, -0.25) is 0 Å². The number of hydrogen-bond donors (Lipinski definition) is 0. The van der Waals surface area contributed by atoms with Crippen molar-refractivity contribution >= 4 is 5.97 Å². The Morgan fingerprint density at radius 1 is 1.53 bits per heavy atom. The minimum atomic E-state index is -3.06. The van der Waals surface area contributed by atoms with E-state index in [0.29, 0.717) is 0 Å². The topological polar surface area (TPSA) is 39.2 Å². The van der Waals surface area contributed by atoms with Crippen molar-refractivity contribution in [1.82, 2.24) is 4.98 Å². The zero-order chi connectivity index (χ0) is 11.6. The highest BCUT2D eigenvalue weighted by Gasteiger charge is 2.23. The number of nitrogens with zero attached hydrogens (tertiary/aromatic N) is 1. The molecular formula is C9H8F3NO2. The SMILES string of the molecule is COC(=O)c1cc(C)nc(C(F)F)c1F. The molecule has 0 N–H and O–H groups in total. The normalized spacial score (nSPS) is 10.5. The Balaban J connectivity index is 3.34. The first-order valence-electron chi connectivity index (χ1n) is 4.01. The Labute approximate surface area is 83.9 Å². The minimum Gasteiger partial charge on any atom is -0.465 e. The summed E-state index contributed by atoms with van der Waals surface area (Å²) in [7, 11) is 1.04. The van der Waals surface area contributed by atoms with Crippen LogP contribution in [0.15, 0.2) is 6.07 Å². The van der Waals surface area contributed by atoms with Gasteiger partial charge in [0.1, 0.15) is 5.69 Å². The van der Waals surface area contributed by atoms with Gasteiger partial charge in [-0.2, -0.15) is 0 Å². The highest BCUT2D eigenvalue weighted by molar-refractivity contribution is 5.89. The highest BCUT2D eigenvalue weighted by Crippen LogP contribution is 2.23. The van der Waals surface area contributed by atoms with Gasteiger partial charge in [-0.15, -0.1) is 0 Å². The lowest BCUT2D eigenvalue weighted by atomic mass is 10.2. The van der Waals surface area contributed by atoms with Crippen LogP contribution in [0.1, 0.15) is 28.2 Å². The zero-order valence-electron chi connectivity index (χ0n) is 8.05. The smallest absolute Gasteiger partial charge is 0.340 e. The fraction of sp³-hybridized carbons (Fsp3) is 0.333. The number of alkyl halides is 2. The van der Waals surface area contributed by atoms with Crippen LogP contribution < -0.4 is 0 Å². The molecular weight excluding hydrogens is 211 g/mol. The van der Waals surface area contributed by atoms with Crippen LogP contribution >= 0.6 is 0 Å². The molecule has 1 aromatic heterocycles. The van der Waals surface area contributed by atoms with E-state index in [1.165, 1.54) is 6.92 Å². The monoisotopic (exact) mass is 219 g/mol. The molecule has 0 bridgehead atoms. The number of aromatic nitrogens is 1. The molecule has 0 atom stereocenters. The van der Waals surface area contributed by atoms with Crippen LogP contribution in [0.2, 0.25) is 0 Å². The third kappa shape index (κ3) is 2.26. The number of hydrogen-bond acceptors (Lipinski definition) is 3. The van der Waals surface area contributed by atoms with Crippen molar-refractivity contribution in [1.29, 1.82) is 0 Å². The van der Waals surface area contributed by atoms with Gasteiger partial charge in [-0.1, -0.05) is 0 Å². The van der Waals surface area contributed by atoms with E-state index >= 15 is 0 Å². The van der Waals surface area contributed by atoms with E-state index in [1.807, 2.05) is 0 Å². The third-order valence-electron chi connectivity index (χ3n) is 1.72. The van der Waals surface area contributed by atoms with Gasteiger partial charge in [0.05, 0.1) is 12.7 Å². The Morgan fingerprint density at radius 3 is 2.60 bits per heavy atom. The maximum atomic E-state index is 13.3. The first-order valence-corrected chi connectivity index (χ1v) is 4.01. The molecule has 0 radical (unpaired) electrons. The van der Waals surface area contributed by atoms with Crippen molar-refractivity contribution in [3.05, 3.63) is 28.8 Å². The van der Waals surface area contributed by atoms with E-state index in [9.17, 15) is 18.0 Å². The Hall–Kier alpha value is -1.59. The van der Waals surface area contributed by atoms with E-state index in [2.05, 4.69) is 9.72 Å². The molecule has 6 heteroatoms. The molecule has 0 saturated carbocycles. The van der Waals surface area contributed by atoms with Gasteiger partial charge >= 0.3 is 5.97 Å². The molecule has 0 aromatic carbocycles. The molecule has 0 spiro atoms. The van der Waals surface area contributed by atoms with Crippen molar-refractivity contribution in [2.75, 3.05) is 7.11 Å². The number of pyridine rings is 1. The van der Waals surface area contributed by atoms with E-state index in [0.717, 1.165) is 13.2 Å². The summed E-state index contributed by atoms with van der Waals surface area (Å²) in [6, 6.07) is 1.06. The van der Waals surface area contributed by atoms with Crippen LogP contribution in [-0.4, -0.2) is 18.1 Å². The van der Waals surface area contributed by atoms with Gasteiger partial charge in [0.25, 0.3) is 6.43 Å². The lowest BCUT2D eigenvalue weighted by Crippen LogP contribution is -2.10. The molecule has 0 fully saturated rings. The van der Waals surface area contributed by atoms with E-state index in [1.54, 1.807) is 0 Å². The molecule has 1 heterocycles. The largest absolute Gasteiger partial charge is 0.465 e. The van der Waals surface area contributed by atoms with Crippen LogP contribution in [0.4, 0.5) is 13.2 Å². The number of carbonyl (C=O) groups is 1. The lowest BCUT2D eigenvalue weighted by molar-refractivity contribution is 0.0593. The summed E-state index contributed by atoms with van der Waals surface area (Å²) in [6.07, 6.45) is -3.06. The van der Waals surface area contributed by atoms with Gasteiger partial charge in [-0.25, -0.2) is 22.9 Å². The van der Waals surface area contributed by atoms with E-state index in [-0.39, 0.29) is 5.69 Å². The van der Waals surface area contributed by atoms with Crippen molar-refractivity contribution in [3.8, 4) is 0 Å². The third-order valence-corrected chi connectivity index (χ3v) is 1.72. The van der Waals surface area contributed by atoms with Gasteiger partial charge in [-0.05, 0) is 13.0 Å². The van der Waals surface area contributed by atoms with Crippen LogP contribution in [0, 0.1) is 12.7 Å². The van der Waals surface area contributed by atoms with Crippen LogP contribution in [-0.2, 0) is 4.74 Å². The molecule has 82 valence electrons. The molecule has 0 unspecified atom stereocenters. The maximum Gasteiger partial charge on any atom is 0.340 e. The average Bonchev–Trinajstić information content (AvgIpc) is 2.19. The molecule has 0 amide bonds. The van der Waals surface area contributed by atoms with Gasteiger partial charge in [0.15, 0.2) is 5.82 Å². The first kappa shape index (κ1) is 11.5. The van der Waals surface area contributed by atoms with Crippen LogP contribution in [0.3, 0.4) is 0 Å². The van der Waals surface area contributed by atoms with E-state index < -0.39 is 29.5 Å². The second kappa shape index (κ2) is 4.29. The molecule has 0 aliphatic heterocycles. The summed E-state index contributed by atoms with van der Waals surface area (Å²) in [5.74, 6) is -2.33. The first-order chi connectivity index (χ1) is 6.97. The average molecular weight is 219 g/mol. The molecule has 0 saturated heterocycles. The standard InChI is InChI=1S/C9H8F3NO2/c1-4-3-5(9(14)15-2)6(10)7(13-4)8(11)12/h3,8H,1-2H3. The fourth-order valence-electron chi connectivity index (χ4n) is 1.08. The number of esters is 1. The number of carbonyl (C=O) groups excluding carboxylic acids is 1. The van der Waals surface area contributed by atoms with Crippen LogP contribution in [0.25, 0.3) is 0 Å². The predicted octanol–water partition coefficient (Wildman–Crippen LogP) is 2.25. The minimum absolute atomic E-state index is 0.132. The van der Waals surface area contributed by atoms with Gasteiger partial charge in [0, 0.05) is 5.69 Å². The zero-order valence-corrected chi connectivity index (χ0v) is 8.05. The lowest BCUT2D eigenvalue weighted by Gasteiger charge is -2.06. The Bertz CT molecular complexity index is 393. The quantitative estimate of drug-likeness (QED) is 0.716. The molecule has 15 heavy (non-hydrogen) atoms. The summed E-state index contributed by atoms with van der Waals surface area (Å²) >= 11 is 0.